The van der Waals surface area contributed by atoms with Gasteiger partial charge in [0.05, 0.1) is 23.9 Å². The average Bonchev–Trinajstić information content (AvgIpc) is 2.67. The van der Waals surface area contributed by atoms with Crippen LogP contribution in [-0.4, -0.2) is 50.5 Å². The standard InChI is InChI=1S/C19H19FN2O5/c1-22(2)17(23)11-27-16-7-5-4-6-13(16)18(24)21-15-10-12(19(25)26-3)8-9-14(15)20/h4-10H,11H2,1-3H3,(H,21,24). The third kappa shape index (κ3) is 5.04. The summed E-state index contributed by atoms with van der Waals surface area (Å²) in [6, 6.07) is 9.74. The van der Waals surface area contributed by atoms with E-state index in [0.717, 1.165) is 6.07 Å². The summed E-state index contributed by atoms with van der Waals surface area (Å²) < 4.78 is 24.0. The number of carbonyl (C=O) groups is 3. The van der Waals surface area contributed by atoms with Crippen LogP contribution in [0.15, 0.2) is 42.5 Å². The van der Waals surface area contributed by atoms with Gasteiger partial charge in [-0.25, -0.2) is 9.18 Å². The van der Waals surface area contributed by atoms with Gasteiger partial charge in [-0.2, -0.15) is 0 Å². The maximum Gasteiger partial charge on any atom is 0.337 e. The quantitative estimate of drug-likeness (QED) is 0.785. The number of benzene rings is 2. The molecule has 2 aromatic rings. The Morgan fingerprint density at radius 2 is 1.81 bits per heavy atom. The molecule has 0 spiro atoms. The van der Waals surface area contributed by atoms with Gasteiger partial charge in [0.15, 0.2) is 6.61 Å². The van der Waals surface area contributed by atoms with Crippen molar-refractivity contribution in [3.05, 3.63) is 59.4 Å². The molecular formula is C19H19FN2O5. The Balaban J connectivity index is 2.22. The van der Waals surface area contributed by atoms with E-state index < -0.39 is 17.7 Å². The van der Waals surface area contributed by atoms with Crippen LogP contribution in [0.5, 0.6) is 5.75 Å². The molecule has 0 saturated carbocycles. The lowest BCUT2D eigenvalue weighted by atomic mass is 10.1. The van der Waals surface area contributed by atoms with Gasteiger partial charge in [0, 0.05) is 14.1 Å². The second kappa shape index (κ2) is 8.79. The molecule has 0 unspecified atom stereocenters. The van der Waals surface area contributed by atoms with Gasteiger partial charge >= 0.3 is 5.97 Å². The van der Waals surface area contributed by atoms with Gasteiger partial charge in [0.25, 0.3) is 11.8 Å². The zero-order valence-corrected chi connectivity index (χ0v) is 15.1. The Morgan fingerprint density at radius 1 is 1.11 bits per heavy atom. The van der Waals surface area contributed by atoms with Crippen LogP contribution in [0, 0.1) is 5.82 Å². The van der Waals surface area contributed by atoms with Crippen LogP contribution in [0.3, 0.4) is 0 Å². The molecule has 1 N–H and O–H groups in total. The Hall–Kier alpha value is -3.42. The van der Waals surface area contributed by atoms with Crippen molar-refractivity contribution in [2.45, 2.75) is 0 Å². The van der Waals surface area contributed by atoms with Gasteiger partial charge in [0.2, 0.25) is 0 Å². The number of hydrogen-bond acceptors (Lipinski definition) is 5. The molecule has 8 heteroatoms. The Morgan fingerprint density at radius 3 is 2.48 bits per heavy atom. The summed E-state index contributed by atoms with van der Waals surface area (Å²) >= 11 is 0. The highest BCUT2D eigenvalue weighted by Gasteiger charge is 2.17. The third-order valence-corrected chi connectivity index (χ3v) is 3.62. The van der Waals surface area contributed by atoms with Gasteiger partial charge in [0.1, 0.15) is 11.6 Å². The lowest BCUT2D eigenvalue weighted by Crippen LogP contribution is -2.28. The van der Waals surface area contributed by atoms with E-state index in [1.54, 1.807) is 26.2 Å². The van der Waals surface area contributed by atoms with Crippen LogP contribution < -0.4 is 10.1 Å². The molecule has 0 saturated heterocycles. The van der Waals surface area contributed by atoms with E-state index in [4.69, 9.17) is 4.74 Å². The van der Waals surface area contributed by atoms with Crippen LogP contribution in [0.25, 0.3) is 0 Å². The van der Waals surface area contributed by atoms with E-state index >= 15 is 0 Å². The first-order chi connectivity index (χ1) is 12.8. The summed E-state index contributed by atoms with van der Waals surface area (Å²) in [6.45, 7) is -0.247. The molecule has 142 valence electrons. The fourth-order valence-electron chi connectivity index (χ4n) is 2.10. The molecule has 0 aliphatic carbocycles. The fraction of sp³-hybridized carbons (Fsp3) is 0.211. The molecule has 0 radical (unpaired) electrons. The van der Waals surface area contributed by atoms with Gasteiger partial charge in [-0.05, 0) is 30.3 Å². The lowest BCUT2D eigenvalue weighted by molar-refractivity contribution is -0.130. The molecule has 7 nitrogen and oxygen atoms in total. The lowest BCUT2D eigenvalue weighted by Gasteiger charge is -2.14. The van der Waals surface area contributed by atoms with Crippen LogP contribution >= 0.6 is 0 Å². The van der Waals surface area contributed by atoms with Gasteiger partial charge < -0.3 is 19.7 Å². The maximum absolute atomic E-state index is 14.0. The van der Waals surface area contributed by atoms with E-state index in [1.165, 1.54) is 36.3 Å². The predicted octanol–water partition coefficient (Wildman–Crippen LogP) is 2.33. The van der Waals surface area contributed by atoms with E-state index in [2.05, 4.69) is 10.1 Å². The van der Waals surface area contributed by atoms with Crippen LogP contribution in [0.4, 0.5) is 10.1 Å². The predicted molar refractivity (Wildman–Crippen MR) is 96.3 cm³/mol. The number of ether oxygens (including phenoxy) is 2. The molecule has 0 aromatic heterocycles. The molecule has 0 atom stereocenters. The number of rotatable bonds is 6. The van der Waals surface area contributed by atoms with E-state index in [0.29, 0.717) is 0 Å². The minimum absolute atomic E-state index is 0.0929. The topological polar surface area (TPSA) is 84.9 Å². The molecule has 0 aliphatic heterocycles. The zero-order valence-electron chi connectivity index (χ0n) is 15.1. The largest absolute Gasteiger partial charge is 0.483 e. The summed E-state index contributed by atoms with van der Waals surface area (Å²) in [7, 11) is 4.37. The summed E-state index contributed by atoms with van der Waals surface area (Å²) in [6.07, 6.45) is 0. The van der Waals surface area contributed by atoms with E-state index in [-0.39, 0.29) is 35.1 Å². The molecule has 0 fully saturated rings. The molecule has 27 heavy (non-hydrogen) atoms. The van der Waals surface area contributed by atoms with Crippen molar-refractivity contribution in [3.63, 3.8) is 0 Å². The van der Waals surface area contributed by atoms with Crippen molar-refractivity contribution < 1.29 is 28.2 Å². The number of nitrogens with zero attached hydrogens (tertiary/aromatic N) is 1. The number of halogens is 1. The highest BCUT2D eigenvalue weighted by Crippen LogP contribution is 2.22. The summed E-state index contributed by atoms with van der Waals surface area (Å²) in [5, 5.41) is 2.40. The van der Waals surface area contributed by atoms with Crippen molar-refractivity contribution in [1.29, 1.82) is 0 Å². The Labute approximate surface area is 155 Å². The first-order valence-corrected chi connectivity index (χ1v) is 7.94. The molecule has 0 heterocycles. The maximum atomic E-state index is 14.0. The fourth-order valence-corrected chi connectivity index (χ4v) is 2.10. The van der Waals surface area contributed by atoms with Crippen molar-refractivity contribution in [1.82, 2.24) is 4.90 Å². The molecule has 0 bridgehead atoms. The average molecular weight is 374 g/mol. The Bertz CT molecular complexity index is 867. The highest BCUT2D eigenvalue weighted by atomic mass is 19.1. The molecule has 2 amide bonds. The minimum atomic E-state index is -0.711. The highest BCUT2D eigenvalue weighted by molar-refractivity contribution is 6.06. The summed E-state index contributed by atoms with van der Waals surface area (Å²) in [5.41, 5.74) is 0.0318. The molecular weight excluding hydrogens is 355 g/mol. The van der Waals surface area contributed by atoms with Crippen LogP contribution in [-0.2, 0) is 9.53 Å². The first-order valence-electron chi connectivity index (χ1n) is 7.94. The number of amides is 2. The number of para-hydroxylation sites is 1. The molecule has 2 rings (SSSR count). The Kier molecular flexibility index (Phi) is 6.48. The number of likely N-dealkylation sites (N-methyl/N-ethyl adjacent to an activating group) is 1. The van der Waals surface area contributed by atoms with E-state index in [1.807, 2.05) is 0 Å². The van der Waals surface area contributed by atoms with Gasteiger partial charge in [-0.15, -0.1) is 0 Å². The summed E-state index contributed by atoms with van der Waals surface area (Å²) in [4.78, 5) is 37.2. The first kappa shape index (κ1) is 19.9. The molecule has 0 aliphatic rings. The summed E-state index contributed by atoms with van der Waals surface area (Å²) in [5.74, 6) is -2.12. The van der Waals surface area contributed by atoms with Crippen LogP contribution in [0.2, 0.25) is 0 Å². The van der Waals surface area contributed by atoms with E-state index in [9.17, 15) is 18.8 Å². The number of nitrogens with one attached hydrogen (secondary N) is 1. The minimum Gasteiger partial charge on any atom is -0.483 e. The van der Waals surface area contributed by atoms with Crippen molar-refractivity contribution in [3.8, 4) is 5.75 Å². The number of carbonyl (C=O) groups excluding carboxylic acids is 3. The zero-order chi connectivity index (χ0) is 20.0. The van der Waals surface area contributed by atoms with Gasteiger partial charge in [-0.3, -0.25) is 9.59 Å². The number of anilines is 1. The van der Waals surface area contributed by atoms with Crippen molar-refractivity contribution >= 4 is 23.5 Å². The second-order valence-electron chi connectivity index (χ2n) is 5.71. The molecule has 2 aromatic carbocycles. The number of hydrogen-bond donors (Lipinski definition) is 1. The van der Waals surface area contributed by atoms with Crippen LogP contribution in [0.1, 0.15) is 20.7 Å². The SMILES string of the molecule is COC(=O)c1ccc(F)c(NC(=O)c2ccccc2OCC(=O)N(C)C)c1. The van der Waals surface area contributed by atoms with Gasteiger partial charge in [-0.1, -0.05) is 12.1 Å². The monoisotopic (exact) mass is 374 g/mol. The third-order valence-electron chi connectivity index (χ3n) is 3.62. The number of esters is 1. The second-order valence-corrected chi connectivity index (χ2v) is 5.71. The number of methoxy groups -OCH3 is 1. The smallest absolute Gasteiger partial charge is 0.337 e. The van der Waals surface area contributed by atoms with Crippen molar-refractivity contribution in [2.24, 2.45) is 0 Å². The normalized spacial score (nSPS) is 10.1. The van der Waals surface area contributed by atoms with Crippen molar-refractivity contribution in [2.75, 3.05) is 33.1 Å².